The van der Waals surface area contributed by atoms with Crippen molar-refractivity contribution in [2.24, 2.45) is 0 Å². The van der Waals surface area contributed by atoms with Crippen molar-refractivity contribution in [3.05, 3.63) is 34.6 Å². The molecule has 1 N–H and O–H groups in total. The average Bonchev–Trinajstić information content (AvgIpc) is 2.80. The number of hydrogen-bond acceptors (Lipinski definition) is 2. The van der Waals surface area contributed by atoms with Crippen LogP contribution in [-0.2, 0) is 6.54 Å². The van der Waals surface area contributed by atoms with E-state index in [2.05, 4.69) is 21.7 Å². The Morgan fingerprint density at radius 3 is 3.00 bits per heavy atom. The molecular weight excluding hydrogens is 268 g/mol. The molecule has 0 bridgehead atoms. The van der Waals surface area contributed by atoms with Gasteiger partial charge in [-0.15, -0.1) is 0 Å². The lowest BCUT2D eigenvalue weighted by molar-refractivity contribution is 0.415. The molecule has 1 aromatic heterocycles. The van der Waals surface area contributed by atoms with Crippen LogP contribution in [0.1, 0.15) is 32.1 Å². The Morgan fingerprint density at radius 2 is 2.25 bits per heavy atom. The van der Waals surface area contributed by atoms with Gasteiger partial charge in [-0.2, -0.15) is 0 Å². The molecule has 0 saturated carbocycles. The number of ether oxygens (including phenoxy) is 1. The Morgan fingerprint density at radius 1 is 1.35 bits per heavy atom. The third kappa shape index (κ3) is 2.66. The first-order chi connectivity index (χ1) is 9.78. The molecule has 1 aliphatic rings. The van der Waals surface area contributed by atoms with Gasteiger partial charge in [0, 0.05) is 12.6 Å². The largest absolute Gasteiger partial charge is 0.497 e. The molecule has 4 heteroatoms. The van der Waals surface area contributed by atoms with E-state index in [0.29, 0.717) is 0 Å². The highest BCUT2D eigenvalue weighted by atomic mass is 32.1. The summed E-state index contributed by atoms with van der Waals surface area (Å²) >= 11 is 5.45. The zero-order valence-corrected chi connectivity index (χ0v) is 12.6. The predicted molar refractivity (Wildman–Crippen MR) is 84.8 cm³/mol. The number of nitrogens with one attached hydrogen (secondary N) is 1. The summed E-state index contributed by atoms with van der Waals surface area (Å²) in [6.07, 6.45) is 8.66. The van der Waals surface area contributed by atoms with Crippen molar-refractivity contribution in [2.45, 2.75) is 38.6 Å². The van der Waals surface area contributed by atoms with E-state index in [1.165, 1.54) is 25.7 Å². The number of nitrogens with zero attached hydrogens (tertiary/aromatic N) is 1. The number of aromatic nitrogens is 2. The van der Waals surface area contributed by atoms with Gasteiger partial charge in [0.1, 0.15) is 5.75 Å². The molecule has 0 amide bonds. The molecule has 0 aliphatic heterocycles. The van der Waals surface area contributed by atoms with Gasteiger partial charge in [0.05, 0.1) is 18.1 Å². The first-order valence-electron chi connectivity index (χ1n) is 7.22. The number of hydrogen-bond donors (Lipinski definition) is 1. The molecule has 0 unspecified atom stereocenters. The quantitative estimate of drug-likeness (QED) is 0.658. The Kier molecular flexibility index (Phi) is 3.92. The third-order valence-electron chi connectivity index (χ3n) is 4.02. The van der Waals surface area contributed by atoms with Crippen LogP contribution < -0.4 is 4.74 Å². The van der Waals surface area contributed by atoms with Gasteiger partial charge in [0.15, 0.2) is 4.77 Å². The van der Waals surface area contributed by atoms with E-state index in [1.54, 1.807) is 12.7 Å². The lowest BCUT2D eigenvalue weighted by atomic mass is 9.97. The highest BCUT2D eigenvalue weighted by Crippen LogP contribution is 2.24. The van der Waals surface area contributed by atoms with Gasteiger partial charge in [0.2, 0.25) is 0 Å². The smallest absolute Gasteiger partial charge is 0.178 e. The van der Waals surface area contributed by atoms with Crippen LogP contribution in [0.3, 0.4) is 0 Å². The van der Waals surface area contributed by atoms with Gasteiger partial charge in [-0.25, -0.2) is 0 Å². The summed E-state index contributed by atoms with van der Waals surface area (Å²) < 4.78 is 8.29. The second-order valence-corrected chi connectivity index (χ2v) is 5.71. The van der Waals surface area contributed by atoms with Crippen molar-refractivity contribution in [2.75, 3.05) is 7.11 Å². The Bertz CT molecular complexity index is 696. The maximum Gasteiger partial charge on any atom is 0.178 e. The standard InChI is InChI=1S/C16H20N2OS/c1-19-13-7-8-14-15(11-13)18(16(20)17-14)10-9-12-5-3-2-4-6-12/h5,7-8,11H,2-4,6,9-10H2,1H3,(H,17,20). The number of allylic oxidation sites excluding steroid dienone is 2. The van der Waals surface area contributed by atoms with Gasteiger partial charge in [-0.1, -0.05) is 11.6 Å². The fourth-order valence-electron chi connectivity index (χ4n) is 2.87. The third-order valence-corrected chi connectivity index (χ3v) is 4.35. The van der Waals surface area contributed by atoms with Crippen LogP contribution in [-0.4, -0.2) is 16.7 Å². The molecule has 0 atom stereocenters. The molecule has 0 spiro atoms. The van der Waals surface area contributed by atoms with Crippen molar-refractivity contribution < 1.29 is 4.74 Å². The number of imidazole rings is 1. The highest BCUT2D eigenvalue weighted by Gasteiger charge is 2.08. The van der Waals surface area contributed by atoms with Crippen LogP contribution in [0.2, 0.25) is 0 Å². The van der Waals surface area contributed by atoms with Crippen LogP contribution in [0.4, 0.5) is 0 Å². The van der Waals surface area contributed by atoms with Crippen LogP contribution in [0.5, 0.6) is 5.75 Å². The van der Waals surface area contributed by atoms with Gasteiger partial charge in [-0.05, 0) is 56.5 Å². The SMILES string of the molecule is COc1ccc2[nH]c(=S)n(CCC3=CCCCC3)c2c1. The van der Waals surface area contributed by atoms with E-state index in [9.17, 15) is 0 Å². The molecule has 0 saturated heterocycles. The van der Waals surface area contributed by atoms with Crippen molar-refractivity contribution in [1.82, 2.24) is 9.55 Å². The summed E-state index contributed by atoms with van der Waals surface area (Å²) in [6, 6.07) is 6.04. The minimum absolute atomic E-state index is 0.796. The molecule has 20 heavy (non-hydrogen) atoms. The van der Waals surface area contributed by atoms with E-state index in [4.69, 9.17) is 17.0 Å². The molecule has 1 heterocycles. The fraction of sp³-hybridized carbons (Fsp3) is 0.438. The zero-order chi connectivity index (χ0) is 13.9. The predicted octanol–water partition coefficient (Wildman–Crippen LogP) is 4.60. The van der Waals surface area contributed by atoms with Gasteiger partial charge in [0.25, 0.3) is 0 Å². The van der Waals surface area contributed by atoms with Gasteiger partial charge >= 0.3 is 0 Å². The first kappa shape index (κ1) is 13.4. The minimum Gasteiger partial charge on any atom is -0.497 e. The minimum atomic E-state index is 0.796. The Hall–Kier alpha value is -1.55. The zero-order valence-electron chi connectivity index (χ0n) is 11.8. The van der Waals surface area contributed by atoms with Gasteiger partial charge < -0.3 is 14.3 Å². The van der Waals surface area contributed by atoms with Crippen LogP contribution in [0, 0.1) is 4.77 Å². The molecule has 2 aromatic rings. The van der Waals surface area contributed by atoms with E-state index < -0.39 is 0 Å². The number of methoxy groups -OCH3 is 1. The number of rotatable bonds is 4. The second-order valence-electron chi connectivity index (χ2n) is 5.32. The van der Waals surface area contributed by atoms with Crippen LogP contribution >= 0.6 is 12.2 Å². The molecule has 1 aromatic carbocycles. The van der Waals surface area contributed by atoms with Crippen molar-refractivity contribution in [3.63, 3.8) is 0 Å². The number of fused-ring (bicyclic) bond motifs is 1. The fourth-order valence-corrected chi connectivity index (χ4v) is 3.17. The average molecular weight is 288 g/mol. The summed E-state index contributed by atoms with van der Waals surface area (Å²) in [4.78, 5) is 3.27. The summed E-state index contributed by atoms with van der Waals surface area (Å²) in [5.74, 6) is 0.872. The van der Waals surface area contributed by atoms with Crippen LogP contribution in [0.25, 0.3) is 11.0 Å². The van der Waals surface area contributed by atoms with Crippen molar-refractivity contribution >= 4 is 23.3 Å². The molecule has 0 fully saturated rings. The number of H-pyrrole nitrogens is 1. The van der Waals surface area contributed by atoms with E-state index in [-0.39, 0.29) is 0 Å². The van der Waals surface area contributed by atoms with Crippen LogP contribution in [0.15, 0.2) is 29.8 Å². The monoisotopic (exact) mass is 288 g/mol. The molecule has 0 radical (unpaired) electrons. The van der Waals surface area contributed by atoms with E-state index in [0.717, 1.165) is 34.5 Å². The number of benzene rings is 1. The highest BCUT2D eigenvalue weighted by molar-refractivity contribution is 7.71. The Labute approximate surface area is 124 Å². The summed E-state index contributed by atoms with van der Waals surface area (Å²) in [7, 11) is 1.69. The molecule has 1 aliphatic carbocycles. The summed E-state index contributed by atoms with van der Waals surface area (Å²) in [5, 5.41) is 0. The molecular formula is C16H20N2OS. The number of aryl methyl sites for hydroxylation is 1. The van der Waals surface area contributed by atoms with Crippen molar-refractivity contribution in [3.8, 4) is 5.75 Å². The van der Waals surface area contributed by atoms with Gasteiger partial charge in [-0.3, -0.25) is 0 Å². The van der Waals surface area contributed by atoms with Crippen molar-refractivity contribution in [1.29, 1.82) is 0 Å². The summed E-state index contributed by atoms with van der Waals surface area (Å²) in [6.45, 7) is 0.942. The summed E-state index contributed by atoms with van der Waals surface area (Å²) in [5.41, 5.74) is 3.79. The topological polar surface area (TPSA) is 29.9 Å². The molecule has 3 nitrogen and oxygen atoms in total. The first-order valence-corrected chi connectivity index (χ1v) is 7.63. The second kappa shape index (κ2) is 5.83. The van der Waals surface area contributed by atoms with E-state index >= 15 is 0 Å². The Balaban J connectivity index is 1.88. The lowest BCUT2D eigenvalue weighted by Crippen LogP contribution is -2.01. The number of aromatic amines is 1. The normalized spacial score (nSPS) is 15.3. The molecule has 106 valence electrons. The molecule has 3 rings (SSSR count). The maximum absolute atomic E-state index is 5.45. The maximum atomic E-state index is 5.45. The van der Waals surface area contributed by atoms with E-state index in [1.807, 2.05) is 12.1 Å². The lowest BCUT2D eigenvalue weighted by Gasteiger charge is -2.13.